The average Bonchev–Trinajstić information content (AvgIpc) is 3.27. The van der Waals surface area contributed by atoms with Crippen LogP contribution in [-0.4, -0.2) is 31.2 Å². The van der Waals surface area contributed by atoms with E-state index in [0.29, 0.717) is 36.7 Å². The molecule has 0 radical (unpaired) electrons. The Hall–Kier alpha value is -1.52. The number of rotatable bonds is 2. The number of hydrogen-bond acceptors (Lipinski definition) is 4. The van der Waals surface area contributed by atoms with Crippen molar-refractivity contribution in [1.82, 2.24) is 0 Å². The maximum absolute atomic E-state index is 10.2. The molecule has 26 heavy (non-hydrogen) atoms. The number of aromatic hydroxyl groups is 1. The zero-order valence-corrected chi connectivity index (χ0v) is 15.7. The molecule has 0 bridgehead atoms. The number of allylic oxidation sites excluding steroid dienone is 1. The number of ether oxygens (including phenoxy) is 3. The Morgan fingerprint density at radius 1 is 1.23 bits per heavy atom. The van der Waals surface area contributed by atoms with E-state index in [2.05, 4.69) is 25.1 Å². The summed E-state index contributed by atoms with van der Waals surface area (Å²) in [5, 5.41) is 10.2. The second kappa shape index (κ2) is 5.74. The number of hydrogen-bond donors (Lipinski definition) is 1. The average molecular weight is 356 g/mol. The third-order valence-electron chi connectivity index (χ3n) is 7.67. The Bertz CT molecular complexity index is 749. The minimum absolute atomic E-state index is 0.0726. The first-order chi connectivity index (χ1) is 12.6. The van der Waals surface area contributed by atoms with Crippen molar-refractivity contribution >= 4 is 0 Å². The van der Waals surface area contributed by atoms with Crippen molar-refractivity contribution in [2.75, 3.05) is 20.3 Å². The third-order valence-corrected chi connectivity index (χ3v) is 7.67. The fourth-order valence-electron chi connectivity index (χ4n) is 6.50. The van der Waals surface area contributed by atoms with Gasteiger partial charge in [-0.05, 0) is 79.2 Å². The Morgan fingerprint density at radius 3 is 2.77 bits per heavy atom. The molecule has 1 saturated heterocycles. The van der Waals surface area contributed by atoms with Crippen LogP contribution in [0.5, 0.6) is 11.5 Å². The lowest BCUT2D eigenvalue weighted by molar-refractivity contribution is -0.224. The highest BCUT2D eigenvalue weighted by molar-refractivity contribution is 5.49. The number of fused-ring (bicyclic) bond motifs is 6. The molecule has 3 aliphatic carbocycles. The topological polar surface area (TPSA) is 47.9 Å². The van der Waals surface area contributed by atoms with Gasteiger partial charge in [0.25, 0.3) is 0 Å². The normalized spacial score (nSPS) is 36.6. The van der Waals surface area contributed by atoms with E-state index in [1.807, 2.05) is 6.07 Å². The van der Waals surface area contributed by atoms with E-state index in [0.717, 1.165) is 32.1 Å². The highest BCUT2D eigenvalue weighted by atomic mass is 16.7. The third kappa shape index (κ3) is 1.97. The first-order valence-electron chi connectivity index (χ1n) is 10.0. The molecule has 4 atom stereocenters. The molecule has 1 heterocycles. The summed E-state index contributed by atoms with van der Waals surface area (Å²) in [5.74, 6) is 1.99. The molecule has 0 amide bonds. The van der Waals surface area contributed by atoms with E-state index < -0.39 is 5.79 Å². The molecule has 1 spiro atoms. The fourth-order valence-corrected chi connectivity index (χ4v) is 6.50. The van der Waals surface area contributed by atoms with Crippen LogP contribution in [0.25, 0.3) is 0 Å². The van der Waals surface area contributed by atoms with E-state index in [1.54, 1.807) is 7.11 Å². The molecule has 1 N–H and O–H groups in total. The van der Waals surface area contributed by atoms with Gasteiger partial charge in [0, 0.05) is 5.41 Å². The van der Waals surface area contributed by atoms with Crippen molar-refractivity contribution in [3.05, 3.63) is 35.4 Å². The second-order valence-corrected chi connectivity index (χ2v) is 8.33. The van der Waals surface area contributed by atoms with Crippen LogP contribution in [-0.2, 0) is 15.9 Å². The minimum atomic E-state index is -0.496. The maximum Gasteiger partial charge on any atom is 0.194 e. The zero-order chi connectivity index (χ0) is 17.9. The summed E-state index contributed by atoms with van der Waals surface area (Å²) >= 11 is 0. The molecule has 1 aliphatic heterocycles. The molecule has 4 nitrogen and oxygen atoms in total. The summed E-state index contributed by atoms with van der Waals surface area (Å²) < 4.78 is 17.8. The van der Waals surface area contributed by atoms with Gasteiger partial charge >= 0.3 is 0 Å². The Kier molecular flexibility index (Phi) is 3.67. The predicted molar refractivity (Wildman–Crippen MR) is 98.4 cm³/mol. The zero-order valence-electron chi connectivity index (χ0n) is 15.7. The largest absolute Gasteiger partial charge is 0.504 e. The smallest absolute Gasteiger partial charge is 0.194 e. The van der Waals surface area contributed by atoms with E-state index in [9.17, 15) is 5.11 Å². The molecule has 4 heteroatoms. The molecular formula is C22H28O4. The van der Waals surface area contributed by atoms with E-state index in [4.69, 9.17) is 14.2 Å². The van der Waals surface area contributed by atoms with Crippen LogP contribution in [0.3, 0.4) is 0 Å². The van der Waals surface area contributed by atoms with Gasteiger partial charge in [-0.25, -0.2) is 0 Å². The number of phenolic OH excluding ortho intramolecular Hbond substituents is 1. The lowest BCUT2D eigenvalue weighted by atomic mass is 9.53. The van der Waals surface area contributed by atoms with Crippen LogP contribution in [0.2, 0.25) is 0 Å². The summed E-state index contributed by atoms with van der Waals surface area (Å²) in [6.07, 6.45) is 10.2. The molecule has 1 saturated carbocycles. The molecule has 140 valence electrons. The first kappa shape index (κ1) is 16.6. The molecular weight excluding hydrogens is 328 g/mol. The monoisotopic (exact) mass is 356 g/mol. The van der Waals surface area contributed by atoms with Crippen LogP contribution in [0, 0.1) is 17.3 Å². The summed E-state index contributed by atoms with van der Waals surface area (Å²) in [6, 6.07) is 4.00. The highest BCUT2D eigenvalue weighted by Gasteiger charge is 2.64. The maximum atomic E-state index is 10.2. The van der Waals surface area contributed by atoms with E-state index >= 15 is 0 Å². The van der Waals surface area contributed by atoms with E-state index in [1.165, 1.54) is 11.1 Å². The van der Waals surface area contributed by atoms with Crippen molar-refractivity contribution in [3.63, 3.8) is 0 Å². The standard InChI is InChI=1S/C22H28O4/c1-3-21-8-6-15-16(18(21)7-9-22(21)25-10-11-26-22)5-4-14-12-19(23)20(24-2)13-17(14)15/h7,9,12-13,15-16,18,23H,3-6,8,10-11H2,1-2H3/t15-,16+,18-,21-/m0/s1. The first-order valence-corrected chi connectivity index (χ1v) is 10.0. The number of benzene rings is 1. The highest BCUT2D eigenvalue weighted by Crippen LogP contribution is 2.65. The molecule has 0 aromatic heterocycles. The Balaban J connectivity index is 1.54. The van der Waals surface area contributed by atoms with Crippen LogP contribution in [0.4, 0.5) is 0 Å². The van der Waals surface area contributed by atoms with Gasteiger partial charge in [-0.1, -0.05) is 13.0 Å². The number of phenols is 1. The van der Waals surface area contributed by atoms with Crippen molar-refractivity contribution in [3.8, 4) is 11.5 Å². The minimum Gasteiger partial charge on any atom is -0.504 e. The quantitative estimate of drug-likeness (QED) is 0.808. The Morgan fingerprint density at radius 2 is 2.04 bits per heavy atom. The van der Waals surface area contributed by atoms with Crippen LogP contribution >= 0.6 is 0 Å². The number of aryl methyl sites for hydroxylation is 1. The van der Waals surface area contributed by atoms with Gasteiger partial charge in [0.1, 0.15) is 0 Å². The van der Waals surface area contributed by atoms with Gasteiger partial charge in [-0.3, -0.25) is 0 Å². The Labute approximate surface area is 155 Å². The summed E-state index contributed by atoms with van der Waals surface area (Å²) in [5.41, 5.74) is 2.74. The second-order valence-electron chi connectivity index (χ2n) is 8.33. The van der Waals surface area contributed by atoms with Gasteiger partial charge in [-0.15, -0.1) is 0 Å². The van der Waals surface area contributed by atoms with Crippen LogP contribution < -0.4 is 4.74 Å². The molecule has 2 fully saturated rings. The van der Waals surface area contributed by atoms with E-state index in [-0.39, 0.29) is 11.2 Å². The van der Waals surface area contributed by atoms with Crippen molar-refractivity contribution < 1.29 is 19.3 Å². The van der Waals surface area contributed by atoms with Crippen molar-refractivity contribution in [2.24, 2.45) is 17.3 Å². The van der Waals surface area contributed by atoms with Crippen molar-refractivity contribution in [1.29, 1.82) is 0 Å². The fraction of sp³-hybridized carbons (Fsp3) is 0.636. The molecule has 4 aliphatic rings. The SMILES string of the molecule is CC[C@]12CC[C@@H]3c4cc(OC)c(O)cc4CC[C@H]3[C@@H]1C=CC21OCCO1. The van der Waals surface area contributed by atoms with Gasteiger partial charge < -0.3 is 19.3 Å². The van der Waals surface area contributed by atoms with Crippen molar-refractivity contribution in [2.45, 2.75) is 50.7 Å². The lowest BCUT2D eigenvalue weighted by Gasteiger charge is -2.54. The summed E-state index contributed by atoms with van der Waals surface area (Å²) in [6.45, 7) is 3.70. The van der Waals surface area contributed by atoms with Crippen LogP contribution in [0.1, 0.15) is 49.7 Å². The molecule has 1 aromatic rings. The van der Waals surface area contributed by atoms with Gasteiger partial charge in [0.2, 0.25) is 0 Å². The van der Waals surface area contributed by atoms with Crippen LogP contribution in [0.15, 0.2) is 24.3 Å². The lowest BCUT2D eigenvalue weighted by Crippen LogP contribution is -2.53. The molecule has 5 rings (SSSR count). The van der Waals surface area contributed by atoms with Gasteiger partial charge in [0.05, 0.1) is 20.3 Å². The summed E-state index contributed by atoms with van der Waals surface area (Å²) in [7, 11) is 1.63. The predicted octanol–water partition coefficient (Wildman–Crippen LogP) is 4.17. The number of methoxy groups -OCH3 is 1. The van der Waals surface area contributed by atoms with Gasteiger partial charge in [-0.2, -0.15) is 0 Å². The van der Waals surface area contributed by atoms with Gasteiger partial charge in [0.15, 0.2) is 17.3 Å². The molecule has 1 aromatic carbocycles. The molecule has 0 unspecified atom stereocenters. The summed E-state index contributed by atoms with van der Waals surface area (Å²) in [4.78, 5) is 0.